The Kier molecular flexibility index (Phi) is 7.19. The van der Waals surface area contributed by atoms with Crippen molar-refractivity contribution < 1.29 is 4.74 Å². The number of nitrogens with one attached hydrogen (secondary N) is 1. The fourth-order valence-corrected chi connectivity index (χ4v) is 2.14. The molecular formula is C16H26N2O. The van der Waals surface area contributed by atoms with Crippen LogP contribution in [0.4, 0.5) is 0 Å². The lowest BCUT2D eigenvalue weighted by molar-refractivity contribution is 0.0819. The molecule has 3 nitrogen and oxygen atoms in total. The largest absolute Gasteiger partial charge is 0.384 e. The molecule has 19 heavy (non-hydrogen) atoms. The predicted octanol–water partition coefficient (Wildman–Crippen LogP) is 3.70. The zero-order chi connectivity index (χ0) is 14.1. The van der Waals surface area contributed by atoms with Gasteiger partial charge >= 0.3 is 0 Å². The van der Waals surface area contributed by atoms with Gasteiger partial charge in [0.1, 0.15) is 5.84 Å². The van der Waals surface area contributed by atoms with E-state index in [0.29, 0.717) is 12.5 Å². The lowest BCUT2D eigenvalue weighted by Gasteiger charge is -2.15. The monoisotopic (exact) mass is 262 g/mol. The fraction of sp³-hybridized carbons (Fsp3) is 0.562. The first-order valence-corrected chi connectivity index (χ1v) is 7.19. The summed E-state index contributed by atoms with van der Waals surface area (Å²) in [4.78, 5) is 0. The first-order valence-electron chi connectivity index (χ1n) is 7.19. The molecule has 1 aromatic carbocycles. The van der Waals surface area contributed by atoms with Crippen molar-refractivity contribution in [3.8, 4) is 0 Å². The maximum absolute atomic E-state index is 7.55. The Labute approximate surface area is 116 Å². The zero-order valence-electron chi connectivity index (χ0n) is 12.1. The minimum absolute atomic E-state index is 0.109. The minimum atomic E-state index is 0.109. The van der Waals surface area contributed by atoms with Gasteiger partial charge < -0.3 is 10.5 Å². The van der Waals surface area contributed by atoms with Crippen LogP contribution in [0, 0.1) is 11.3 Å². The van der Waals surface area contributed by atoms with Crippen LogP contribution in [0.25, 0.3) is 0 Å². The summed E-state index contributed by atoms with van der Waals surface area (Å²) in [5.41, 5.74) is 7.35. The Bertz CT molecular complexity index is 390. The summed E-state index contributed by atoms with van der Waals surface area (Å²) in [5, 5.41) is 7.55. The van der Waals surface area contributed by atoms with Crippen LogP contribution in [-0.2, 0) is 11.3 Å². The van der Waals surface area contributed by atoms with E-state index in [9.17, 15) is 0 Å². The van der Waals surface area contributed by atoms with E-state index in [4.69, 9.17) is 15.9 Å². The molecule has 0 aliphatic rings. The van der Waals surface area contributed by atoms with Gasteiger partial charge in [0.2, 0.25) is 0 Å². The van der Waals surface area contributed by atoms with Gasteiger partial charge in [-0.3, -0.25) is 5.41 Å². The van der Waals surface area contributed by atoms with Gasteiger partial charge in [-0.05, 0) is 17.9 Å². The number of benzene rings is 1. The Hall–Kier alpha value is -1.35. The topological polar surface area (TPSA) is 59.1 Å². The second kappa shape index (κ2) is 8.70. The summed E-state index contributed by atoms with van der Waals surface area (Å²) >= 11 is 0. The van der Waals surface area contributed by atoms with Crippen molar-refractivity contribution in [3.05, 3.63) is 35.4 Å². The first kappa shape index (κ1) is 15.7. The van der Waals surface area contributed by atoms with Crippen molar-refractivity contribution in [1.29, 1.82) is 5.41 Å². The van der Waals surface area contributed by atoms with Crippen LogP contribution >= 0.6 is 0 Å². The molecular weight excluding hydrogens is 236 g/mol. The molecule has 0 saturated heterocycles. The van der Waals surface area contributed by atoms with Crippen molar-refractivity contribution in [2.75, 3.05) is 6.61 Å². The average molecular weight is 262 g/mol. The van der Waals surface area contributed by atoms with E-state index >= 15 is 0 Å². The average Bonchev–Trinajstić information content (AvgIpc) is 2.43. The first-order chi connectivity index (χ1) is 9.19. The number of hydrogen-bond donors (Lipinski definition) is 2. The number of unbranched alkanes of at least 4 members (excludes halogenated alkanes) is 1. The molecule has 0 aliphatic carbocycles. The molecule has 0 fully saturated rings. The van der Waals surface area contributed by atoms with E-state index < -0.39 is 0 Å². The summed E-state index contributed by atoms with van der Waals surface area (Å²) in [6.07, 6.45) is 4.91. The van der Waals surface area contributed by atoms with Gasteiger partial charge in [0.25, 0.3) is 0 Å². The number of ether oxygens (including phenoxy) is 1. The lowest BCUT2D eigenvalue weighted by atomic mass is 10.0. The van der Waals surface area contributed by atoms with Crippen LogP contribution < -0.4 is 5.73 Å². The Morgan fingerprint density at radius 1 is 1.32 bits per heavy atom. The van der Waals surface area contributed by atoms with E-state index in [-0.39, 0.29) is 5.84 Å². The van der Waals surface area contributed by atoms with Crippen molar-refractivity contribution in [2.24, 2.45) is 11.7 Å². The molecule has 1 aromatic rings. The maximum Gasteiger partial charge on any atom is 0.123 e. The fourth-order valence-electron chi connectivity index (χ4n) is 2.14. The Morgan fingerprint density at radius 2 is 2.05 bits per heavy atom. The Morgan fingerprint density at radius 3 is 2.68 bits per heavy atom. The van der Waals surface area contributed by atoms with Gasteiger partial charge in [0.05, 0.1) is 6.61 Å². The van der Waals surface area contributed by atoms with Crippen LogP contribution in [0.5, 0.6) is 0 Å². The second-order valence-corrected chi connectivity index (χ2v) is 5.00. The molecule has 1 unspecified atom stereocenters. The molecule has 1 rings (SSSR count). The van der Waals surface area contributed by atoms with Crippen LogP contribution in [0.3, 0.4) is 0 Å². The highest BCUT2D eigenvalue weighted by Crippen LogP contribution is 2.15. The van der Waals surface area contributed by atoms with Gasteiger partial charge in [-0.25, -0.2) is 0 Å². The van der Waals surface area contributed by atoms with Crippen LogP contribution in [-0.4, -0.2) is 12.4 Å². The van der Waals surface area contributed by atoms with Gasteiger partial charge in [0, 0.05) is 12.2 Å². The molecule has 0 radical (unpaired) electrons. The highest BCUT2D eigenvalue weighted by molar-refractivity contribution is 5.96. The molecule has 0 heterocycles. The number of hydrogen-bond acceptors (Lipinski definition) is 2. The van der Waals surface area contributed by atoms with Gasteiger partial charge in [-0.1, -0.05) is 57.4 Å². The molecule has 0 spiro atoms. The molecule has 0 amide bonds. The maximum atomic E-state index is 7.55. The third kappa shape index (κ3) is 5.43. The summed E-state index contributed by atoms with van der Waals surface area (Å²) in [6, 6.07) is 7.70. The third-order valence-corrected chi connectivity index (χ3v) is 3.46. The number of rotatable bonds is 9. The van der Waals surface area contributed by atoms with Crippen LogP contribution in [0.15, 0.2) is 24.3 Å². The van der Waals surface area contributed by atoms with Gasteiger partial charge in [-0.15, -0.1) is 0 Å². The smallest absolute Gasteiger partial charge is 0.123 e. The van der Waals surface area contributed by atoms with E-state index in [2.05, 4.69) is 13.8 Å². The quantitative estimate of drug-likeness (QED) is 0.526. The van der Waals surface area contributed by atoms with E-state index in [0.717, 1.165) is 24.2 Å². The van der Waals surface area contributed by atoms with Crippen molar-refractivity contribution >= 4 is 5.84 Å². The summed E-state index contributed by atoms with van der Waals surface area (Å²) < 4.78 is 5.81. The van der Waals surface area contributed by atoms with Gasteiger partial charge in [-0.2, -0.15) is 0 Å². The van der Waals surface area contributed by atoms with Crippen LogP contribution in [0.1, 0.15) is 50.7 Å². The molecule has 0 aromatic heterocycles. The molecule has 106 valence electrons. The van der Waals surface area contributed by atoms with Crippen molar-refractivity contribution in [1.82, 2.24) is 0 Å². The molecule has 0 aliphatic heterocycles. The zero-order valence-corrected chi connectivity index (χ0v) is 12.1. The molecule has 1 atom stereocenters. The summed E-state index contributed by atoms with van der Waals surface area (Å²) in [7, 11) is 0. The number of nitrogen functional groups attached to an aromatic ring is 1. The van der Waals surface area contributed by atoms with E-state index in [1.54, 1.807) is 0 Å². The normalized spacial score (nSPS) is 12.3. The molecule has 3 N–H and O–H groups in total. The van der Waals surface area contributed by atoms with Crippen molar-refractivity contribution in [2.45, 2.75) is 46.1 Å². The minimum Gasteiger partial charge on any atom is -0.384 e. The lowest BCUT2D eigenvalue weighted by Crippen LogP contribution is -2.15. The van der Waals surface area contributed by atoms with Crippen molar-refractivity contribution in [3.63, 3.8) is 0 Å². The second-order valence-electron chi connectivity index (χ2n) is 5.00. The highest BCUT2D eigenvalue weighted by Gasteiger charge is 2.08. The summed E-state index contributed by atoms with van der Waals surface area (Å²) in [6.45, 7) is 5.77. The van der Waals surface area contributed by atoms with E-state index in [1.165, 1.54) is 19.3 Å². The highest BCUT2D eigenvalue weighted by atomic mass is 16.5. The molecule has 0 bridgehead atoms. The molecule has 0 saturated carbocycles. The molecule has 3 heteroatoms. The standard InChI is InChI=1S/C16H26N2O/c1-3-5-8-13(4-2)11-19-12-14-9-6-7-10-15(14)16(17)18/h6-7,9-10,13H,3-5,8,11-12H2,1-2H3,(H3,17,18). The number of nitrogens with two attached hydrogens (primary N) is 1. The Balaban J connectivity index is 2.46. The van der Waals surface area contributed by atoms with E-state index in [1.807, 2.05) is 24.3 Å². The van der Waals surface area contributed by atoms with Crippen LogP contribution in [0.2, 0.25) is 0 Å². The predicted molar refractivity (Wildman–Crippen MR) is 80.4 cm³/mol. The van der Waals surface area contributed by atoms with Gasteiger partial charge in [0.15, 0.2) is 0 Å². The SMILES string of the molecule is CCCCC(CC)COCc1ccccc1C(=N)N. The number of amidine groups is 1. The summed E-state index contributed by atoms with van der Waals surface area (Å²) in [5.74, 6) is 0.752. The third-order valence-electron chi connectivity index (χ3n) is 3.46.